The number of benzene rings is 2. The normalized spacial score (nSPS) is 18.0. The van der Waals surface area contributed by atoms with E-state index in [9.17, 15) is 14.7 Å². The van der Waals surface area contributed by atoms with Gasteiger partial charge in [-0.15, -0.1) is 0 Å². The van der Waals surface area contributed by atoms with Gasteiger partial charge in [0.2, 0.25) is 0 Å². The molecule has 1 N–H and O–H groups in total. The summed E-state index contributed by atoms with van der Waals surface area (Å²) in [5.41, 5.74) is 2.11. The Balaban J connectivity index is 2.24. The fraction of sp³-hybridized carbons (Fsp3) is 0.360. The maximum absolute atomic E-state index is 13.1. The molecule has 6 heteroatoms. The van der Waals surface area contributed by atoms with Crippen LogP contribution in [0.25, 0.3) is 5.76 Å². The summed E-state index contributed by atoms with van der Waals surface area (Å²) in [5.74, 6) is -0.0911. The van der Waals surface area contributed by atoms with Gasteiger partial charge in [0.05, 0.1) is 25.8 Å². The van der Waals surface area contributed by atoms with Crippen LogP contribution in [0.1, 0.15) is 55.8 Å². The number of hydrogen-bond donors (Lipinski definition) is 1. The first-order valence-electron chi connectivity index (χ1n) is 10.4. The zero-order valence-corrected chi connectivity index (χ0v) is 18.6. The molecule has 6 nitrogen and oxygen atoms in total. The van der Waals surface area contributed by atoms with Crippen molar-refractivity contribution in [1.82, 2.24) is 4.90 Å². The standard InChI is InChI=1S/C25H29NO5/c1-6-13-26-22(17-9-7-8-10-19(17)30-4)21(24(28)25(26)29)23(27)16-11-12-20(31-5)18(14-16)15(2)3/h7-12,14-15,22,27H,6,13H2,1-5H3/b23-21+. The van der Waals surface area contributed by atoms with Gasteiger partial charge in [-0.25, -0.2) is 0 Å². The van der Waals surface area contributed by atoms with Gasteiger partial charge in [-0.1, -0.05) is 39.0 Å². The smallest absolute Gasteiger partial charge is 0.295 e. The zero-order valence-electron chi connectivity index (χ0n) is 18.6. The minimum atomic E-state index is -0.722. The van der Waals surface area contributed by atoms with Crippen molar-refractivity contribution < 1.29 is 24.2 Å². The summed E-state index contributed by atoms with van der Waals surface area (Å²) >= 11 is 0. The van der Waals surface area contributed by atoms with E-state index in [-0.39, 0.29) is 17.3 Å². The number of rotatable bonds is 7. The lowest BCUT2D eigenvalue weighted by molar-refractivity contribution is -0.139. The molecule has 1 atom stereocenters. The van der Waals surface area contributed by atoms with E-state index in [0.29, 0.717) is 35.6 Å². The first kappa shape index (κ1) is 22.4. The molecule has 0 aliphatic carbocycles. The number of para-hydroxylation sites is 1. The van der Waals surface area contributed by atoms with E-state index in [1.807, 2.05) is 45.0 Å². The predicted octanol–water partition coefficient (Wildman–Crippen LogP) is 4.66. The SMILES string of the molecule is CCCN1C(=O)C(=O)/C(=C(/O)c2ccc(OC)c(C(C)C)c2)C1c1ccccc1OC. The van der Waals surface area contributed by atoms with E-state index in [1.54, 1.807) is 32.4 Å². The van der Waals surface area contributed by atoms with Crippen molar-refractivity contribution in [3.63, 3.8) is 0 Å². The van der Waals surface area contributed by atoms with Crippen molar-refractivity contribution in [2.75, 3.05) is 20.8 Å². The van der Waals surface area contributed by atoms with Crippen molar-refractivity contribution in [1.29, 1.82) is 0 Å². The average Bonchev–Trinajstić information content (AvgIpc) is 3.03. The van der Waals surface area contributed by atoms with Gasteiger partial charge < -0.3 is 19.5 Å². The Bertz CT molecular complexity index is 1020. The fourth-order valence-corrected chi connectivity index (χ4v) is 4.06. The molecular weight excluding hydrogens is 394 g/mol. The molecule has 2 aromatic carbocycles. The number of carbonyl (C=O) groups is 2. The Kier molecular flexibility index (Phi) is 6.68. The van der Waals surface area contributed by atoms with E-state index >= 15 is 0 Å². The first-order chi connectivity index (χ1) is 14.8. The number of ether oxygens (including phenoxy) is 2. The van der Waals surface area contributed by atoms with Crippen LogP contribution in [0.3, 0.4) is 0 Å². The molecule has 1 unspecified atom stereocenters. The number of ketones is 1. The van der Waals surface area contributed by atoms with Crippen molar-refractivity contribution in [2.24, 2.45) is 0 Å². The summed E-state index contributed by atoms with van der Waals surface area (Å²) in [6.45, 7) is 6.38. The Morgan fingerprint density at radius 3 is 2.35 bits per heavy atom. The number of amides is 1. The van der Waals surface area contributed by atoms with Gasteiger partial charge in [-0.05, 0) is 42.2 Å². The summed E-state index contributed by atoms with van der Waals surface area (Å²) in [6.07, 6.45) is 0.679. The van der Waals surface area contributed by atoms with E-state index < -0.39 is 17.7 Å². The first-order valence-corrected chi connectivity index (χ1v) is 10.4. The minimum absolute atomic E-state index is 0.0721. The second-order valence-corrected chi connectivity index (χ2v) is 7.85. The minimum Gasteiger partial charge on any atom is -0.507 e. The molecule has 0 saturated carbocycles. The summed E-state index contributed by atoms with van der Waals surface area (Å²) < 4.78 is 10.9. The van der Waals surface area contributed by atoms with Crippen LogP contribution in [-0.4, -0.2) is 42.5 Å². The highest BCUT2D eigenvalue weighted by Crippen LogP contribution is 2.43. The molecule has 1 aliphatic heterocycles. The van der Waals surface area contributed by atoms with Crippen molar-refractivity contribution in [2.45, 2.75) is 39.2 Å². The number of methoxy groups -OCH3 is 2. The molecule has 1 fully saturated rings. The molecule has 1 amide bonds. The highest BCUT2D eigenvalue weighted by Gasteiger charge is 2.46. The van der Waals surface area contributed by atoms with Crippen LogP contribution >= 0.6 is 0 Å². The van der Waals surface area contributed by atoms with E-state index in [1.165, 1.54) is 4.90 Å². The van der Waals surface area contributed by atoms with E-state index in [2.05, 4.69) is 0 Å². The Hall–Kier alpha value is -3.28. The highest BCUT2D eigenvalue weighted by molar-refractivity contribution is 6.46. The second-order valence-electron chi connectivity index (χ2n) is 7.85. The largest absolute Gasteiger partial charge is 0.507 e. The summed E-state index contributed by atoms with van der Waals surface area (Å²) in [5, 5.41) is 11.3. The molecule has 0 bridgehead atoms. The second kappa shape index (κ2) is 9.25. The van der Waals surface area contributed by atoms with Gasteiger partial charge >= 0.3 is 0 Å². The van der Waals surface area contributed by atoms with Gasteiger partial charge in [-0.3, -0.25) is 9.59 Å². The molecule has 1 saturated heterocycles. The zero-order chi connectivity index (χ0) is 22.7. The number of carbonyl (C=O) groups excluding carboxylic acids is 2. The molecule has 0 spiro atoms. The van der Waals surface area contributed by atoms with Crippen LogP contribution in [0.15, 0.2) is 48.0 Å². The maximum atomic E-state index is 13.1. The van der Waals surface area contributed by atoms with Gasteiger partial charge in [0.1, 0.15) is 17.3 Å². The highest BCUT2D eigenvalue weighted by atomic mass is 16.5. The lowest BCUT2D eigenvalue weighted by atomic mass is 9.92. The van der Waals surface area contributed by atoms with Crippen LogP contribution in [0, 0.1) is 0 Å². The molecule has 3 rings (SSSR count). The molecule has 1 heterocycles. The molecule has 164 valence electrons. The topological polar surface area (TPSA) is 76.1 Å². The lowest BCUT2D eigenvalue weighted by Crippen LogP contribution is -2.30. The van der Waals surface area contributed by atoms with Gasteiger partial charge in [0.15, 0.2) is 0 Å². The quantitative estimate of drug-likeness (QED) is 0.398. The molecule has 0 radical (unpaired) electrons. The molecule has 0 aromatic heterocycles. The third-order valence-electron chi connectivity index (χ3n) is 5.56. The third-order valence-corrected chi connectivity index (χ3v) is 5.56. The van der Waals surface area contributed by atoms with Crippen LogP contribution in [0.4, 0.5) is 0 Å². The van der Waals surface area contributed by atoms with Crippen molar-refractivity contribution in [3.8, 4) is 11.5 Å². The number of aliphatic hydroxyl groups is 1. The van der Waals surface area contributed by atoms with E-state index in [0.717, 1.165) is 5.56 Å². The van der Waals surface area contributed by atoms with Gasteiger partial charge in [-0.2, -0.15) is 0 Å². The molecule has 1 aliphatic rings. The number of Topliss-reactive ketones (excluding diaryl/α,β-unsaturated/α-hetero) is 1. The van der Waals surface area contributed by atoms with Crippen LogP contribution in [-0.2, 0) is 9.59 Å². The summed E-state index contributed by atoms with van der Waals surface area (Å²) in [4.78, 5) is 27.4. The summed E-state index contributed by atoms with van der Waals surface area (Å²) in [6, 6.07) is 11.8. The third kappa shape index (κ3) is 4.02. The van der Waals surface area contributed by atoms with Crippen LogP contribution < -0.4 is 9.47 Å². The summed E-state index contributed by atoms with van der Waals surface area (Å²) in [7, 11) is 3.14. The predicted molar refractivity (Wildman–Crippen MR) is 119 cm³/mol. The van der Waals surface area contributed by atoms with Gasteiger partial charge in [0.25, 0.3) is 11.7 Å². The average molecular weight is 424 g/mol. The Labute approximate surface area is 183 Å². The molecular formula is C25H29NO5. The number of aliphatic hydroxyl groups excluding tert-OH is 1. The number of nitrogens with zero attached hydrogens (tertiary/aromatic N) is 1. The number of likely N-dealkylation sites (tertiary alicyclic amines) is 1. The van der Waals surface area contributed by atoms with Gasteiger partial charge in [0, 0.05) is 17.7 Å². The van der Waals surface area contributed by atoms with Crippen LogP contribution in [0.2, 0.25) is 0 Å². The van der Waals surface area contributed by atoms with E-state index in [4.69, 9.17) is 9.47 Å². The van der Waals surface area contributed by atoms with Crippen molar-refractivity contribution >= 4 is 17.4 Å². The monoisotopic (exact) mass is 423 g/mol. The lowest BCUT2D eigenvalue weighted by Gasteiger charge is -2.26. The molecule has 31 heavy (non-hydrogen) atoms. The maximum Gasteiger partial charge on any atom is 0.295 e. The van der Waals surface area contributed by atoms with Crippen LogP contribution in [0.5, 0.6) is 11.5 Å². The number of hydrogen-bond acceptors (Lipinski definition) is 5. The molecule has 2 aromatic rings. The van der Waals surface area contributed by atoms with Crippen molar-refractivity contribution in [3.05, 3.63) is 64.7 Å². The Morgan fingerprint density at radius 1 is 1.06 bits per heavy atom. The fourth-order valence-electron chi connectivity index (χ4n) is 4.06. The Morgan fingerprint density at radius 2 is 1.74 bits per heavy atom.